The fourth-order valence-corrected chi connectivity index (χ4v) is 1.97. The number of aromatic nitrogens is 1. The standard InChI is InChI=1S/C11H13NO2/c1-2-7-6-9(11(13)14)8-4-3-5-10(8)12-7/h6H,2-5H2,1H3,(H,13,14). The van der Waals surface area contributed by atoms with E-state index in [4.69, 9.17) is 5.11 Å². The fourth-order valence-electron chi connectivity index (χ4n) is 1.97. The Balaban J connectivity index is 2.57. The first-order valence-corrected chi connectivity index (χ1v) is 4.97. The van der Waals surface area contributed by atoms with E-state index in [-0.39, 0.29) is 0 Å². The van der Waals surface area contributed by atoms with E-state index in [0.717, 1.165) is 42.6 Å². The minimum absolute atomic E-state index is 0.462. The Hall–Kier alpha value is -1.38. The lowest BCUT2D eigenvalue weighted by Gasteiger charge is -2.06. The molecule has 0 fully saturated rings. The van der Waals surface area contributed by atoms with Crippen LogP contribution in [0.3, 0.4) is 0 Å². The lowest BCUT2D eigenvalue weighted by atomic mass is 10.1. The van der Waals surface area contributed by atoms with Gasteiger partial charge in [-0.25, -0.2) is 4.79 Å². The average Bonchev–Trinajstić information content (AvgIpc) is 2.63. The number of carboxylic acid groups (broad SMARTS) is 1. The maximum atomic E-state index is 11.0. The molecule has 14 heavy (non-hydrogen) atoms. The smallest absolute Gasteiger partial charge is 0.336 e. The number of hydrogen-bond donors (Lipinski definition) is 1. The molecule has 0 saturated heterocycles. The number of rotatable bonds is 2. The minimum atomic E-state index is -0.819. The Labute approximate surface area is 82.8 Å². The molecule has 2 rings (SSSR count). The summed E-state index contributed by atoms with van der Waals surface area (Å²) in [6.45, 7) is 2.00. The normalized spacial score (nSPS) is 14.1. The lowest BCUT2D eigenvalue weighted by Crippen LogP contribution is -2.06. The average molecular weight is 191 g/mol. The summed E-state index contributed by atoms with van der Waals surface area (Å²) in [6, 6.07) is 1.71. The van der Waals surface area contributed by atoms with Gasteiger partial charge in [0.25, 0.3) is 0 Å². The van der Waals surface area contributed by atoms with Gasteiger partial charge in [-0.15, -0.1) is 0 Å². The molecule has 1 aliphatic carbocycles. The molecule has 0 spiro atoms. The van der Waals surface area contributed by atoms with Gasteiger partial charge in [-0.3, -0.25) is 4.98 Å². The molecule has 1 aromatic heterocycles. The second kappa shape index (κ2) is 3.40. The summed E-state index contributed by atoms with van der Waals surface area (Å²) in [6.07, 6.45) is 3.64. The number of carboxylic acids is 1. The van der Waals surface area contributed by atoms with E-state index in [2.05, 4.69) is 4.98 Å². The van der Waals surface area contributed by atoms with E-state index in [1.165, 1.54) is 0 Å². The van der Waals surface area contributed by atoms with Crippen molar-refractivity contribution in [3.05, 3.63) is 28.6 Å². The van der Waals surface area contributed by atoms with Gasteiger partial charge in [-0.05, 0) is 37.3 Å². The van der Waals surface area contributed by atoms with Crippen molar-refractivity contribution in [1.29, 1.82) is 0 Å². The highest BCUT2D eigenvalue weighted by Gasteiger charge is 2.20. The van der Waals surface area contributed by atoms with Gasteiger partial charge in [0.15, 0.2) is 0 Å². The third-order valence-electron chi connectivity index (χ3n) is 2.70. The van der Waals surface area contributed by atoms with Gasteiger partial charge in [-0.1, -0.05) is 6.92 Å². The Morgan fingerprint density at radius 1 is 1.57 bits per heavy atom. The number of hydrogen-bond acceptors (Lipinski definition) is 2. The molecule has 74 valence electrons. The highest BCUT2D eigenvalue weighted by molar-refractivity contribution is 5.90. The van der Waals surface area contributed by atoms with E-state index in [1.807, 2.05) is 6.92 Å². The van der Waals surface area contributed by atoms with E-state index in [0.29, 0.717) is 5.56 Å². The number of nitrogens with zero attached hydrogens (tertiary/aromatic N) is 1. The largest absolute Gasteiger partial charge is 0.478 e. The second-order valence-corrected chi connectivity index (χ2v) is 3.60. The van der Waals surface area contributed by atoms with E-state index < -0.39 is 5.97 Å². The van der Waals surface area contributed by atoms with Crippen molar-refractivity contribution in [3.63, 3.8) is 0 Å². The third kappa shape index (κ3) is 1.39. The van der Waals surface area contributed by atoms with Crippen molar-refractivity contribution in [2.45, 2.75) is 32.6 Å². The zero-order valence-corrected chi connectivity index (χ0v) is 8.21. The molecular weight excluding hydrogens is 178 g/mol. The van der Waals surface area contributed by atoms with Crippen LogP contribution >= 0.6 is 0 Å². The molecule has 0 aromatic carbocycles. The zero-order valence-electron chi connectivity index (χ0n) is 8.21. The number of fused-ring (bicyclic) bond motifs is 1. The maximum Gasteiger partial charge on any atom is 0.336 e. The molecule has 1 heterocycles. The molecule has 1 aliphatic rings. The van der Waals surface area contributed by atoms with E-state index in [9.17, 15) is 4.79 Å². The van der Waals surface area contributed by atoms with Crippen molar-refractivity contribution in [2.24, 2.45) is 0 Å². The van der Waals surface area contributed by atoms with Gasteiger partial charge in [0.1, 0.15) is 0 Å². The van der Waals surface area contributed by atoms with Gasteiger partial charge >= 0.3 is 5.97 Å². The van der Waals surface area contributed by atoms with Crippen molar-refractivity contribution in [2.75, 3.05) is 0 Å². The number of carbonyl (C=O) groups is 1. The quantitative estimate of drug-likeness (QED) is 0.775. The topological polar surface area (TPSA) is 50.2 Å². The van der Waals surface area contributed by atoms with Crippen molar-refractivity contribution in [3.8, 4) is 0 Å². The van der Waals surface area contributed by atoms with Gasteiger partial charge in [-0.2, -0.15) is 0 Å². The van der Waals surface area contributed by atoms with Crippen LogP contribution in [0.1, 0.15) is 40.7 Å². The van der Waals surface area contributed by atoms with Crippen LogP contribution in [0.5, 0.6) is 0 Å². The molecule has 0 unspecified atom stereocenters. The van der Waals surface area contributed by atoms with Gasteiger partial charge < -0.3 is 5.11 Å². The summed E-state index contributed by atoms with van der Waals surface area (Å²) >= 11 is 0. The summed E-state index contributed by atoms with van der Waals surface area (Å²) in [5.41, 5.74) is 3.31. The van der Waals surface area contributed by atoms with Crippen LogP contribution in [0.25, 0.3) is 0 Å². The Bertz CT molecular complexity index is 385. The van der Waals surface area contributed by atoms with Crippen LogP contribution in [-0.4, -0.2) is 16.1 Å². The van der Waals surface area contributed by atoms with Crippen LogP contribution in [0.15, 0.2) is 6.07 Å². The Morgan fingerprint density at radius 3 is 3.00 bits per heavy atom. The first-order chi connectivity index (χ1) is 6.72. The van der Waals surface area contributed by atoms with E-state index >= 15 is 0 Å². The number of aromatic carboxylic acids is 1. The zero-order chi connectivity index (χ0) is 10.1. The third-order valence-corrected chi connectivity index (χ3v) is 2.70. The molecule has 3 heteroatoms. The molecule has 0 radical (unpaired) electrons. The van der Waals surface area contributed by atoms with Crippen molar-refractivity contribution < 1.29 is 9.90 Å². The fraction of sp³-hybridized carbons (Fsp3) is 0.455. The number of pyridine rings is 1. The van der Waals surface area contributed by atoms with Crippen LogP contribution in [-0.2, 0) is 19.3 Å². The summed E-state index contributed by atoms with van der Waals surface area (Å²) in [4.78, 5) is 15.5. The Kier molecular flexibility index (Phi) is 2.23. The van der Waals surface area contributed by atoms with Crippen LogP contribution in [0.2, 0.25) is 0 Å². The van der Waals surface area contributed by atoms with Gasteiger partial charge in [0, 0.05) is 11.4 Å². The summed E-state index contributed by atoms with van der Waals surface area (Å²) in [5, 5.41) is 9.04. The van der Waals surface area contributed by atoms with Crippen LogP contribution in [0, 0.1) is 0 Å². The molecule has 3 nitrogen and oxygen atoms in total. The molecule has 0 amide bonds. The highest BCUT2D eigenvalue weighted by atomic mass is 16.4. The first-order valence-electron chi connectivity index (χ1n) is 4.97. The molecule has 1 N–H and O–H groups in total. The predicted molar refractivity (Wildman–Crippen MR) is 52.6 cm³/mol. The molecule has 0 atom stereocenters. The molecular formula is C11H13NO2. The predicted octanol–water partition coefficient (Wildman–Crippen LogP) is 1.83. The first kappa shape index (κ1) is 9.19. The van der Waals surface area contributed by atoms with Crippen molar-refractivity contribution in [1.82, 2.24) is 4.98 Å². The molecule has 0 bridgehead atoms. The minimum Gasteiger partial charge on any atom is -0.478 e. The lowest BCUT2D eigenvalue weighted by molar-refractivity contribution is 0.0695. The van der Waals surface area contributed by atoms with Crippen molar-refractivity contribution >= 4 is 5.97 Å². The summed E-state index contributed by atoms with van der Waals surface area (Å²) in [7, 11) is 0. The van der Waals surface area contributed by atoms with Gasteiger partial charge in [0.05, 0.1) is 5.56 Å². The number of aryl methyl sites for hydroxylation is 2. The molecule has 0 saturated carbocycles. The Morgan fingerprint density at radius 2 is 2.36 bits per heavy atom. The second-order valence-electron chi connectivity index (χ2n) is 3.60. The monoisotopic (exact) mass is 191 g/mol. The molecule has 1 aromatic rings. The highest BCUT2D eigenvalue weighted by Crippen LogP contribution is 2.24. The van der Waals surface area contributed by atoms with Gasteiger partial charge in [0.2, 0.25) is 0 Å². The van der Waals surface area contributed by atoms with Crippen LogP contribution < -0.4 is 0 Å². The molecule has 0 aliphatic heterocycles. The van der Waals surface area contributed by atoms with E-state index in [1.54, 1.807) is 6.07 Å². The summed E-state index contributed by atoms with van der Waals surface area (Å²) in [5.74, 6) is -0.819. The van der Waals surface area contributed by atoms with Crippen LogP contribution in [0.4, 0.5) is 0 Å². The SMILES string of the molecule is CCc1cc(C(=O)O)c2c(n1)CCC2. The summed E-state index contributed by atoms with van der Waals surface area (Å²) < 4.78 is 0. The maximum absolute atomic E-state index is 11.0.